The van der Waals surface area contributed by atoms with Crippen LogP contribution in [-0.4, -0.2) is 62.9 Å². The summed E-state index contributed by atoms with van der Waals surface area (Å²) >= 11 is 0. The zero-order valence-electron chi connectivity index (χ0n) is 7.68. The van der Waals surface area contributed by atoms with E-state index in [0.717, 1.165) is 6.92 Å². The van der Waals surface area contributed by atoms with Crippen molar-refractivity contribution in [3.05, 3.63) is 0 Å². The molecule has 0 spiro atoms. The van der Waals surface area contributed by atoms with Crippen LogP contribution in [0.5, 0.6) is 0 Å². The highest BCUT2D eigenvalue weighted by molar-refractivity contribution is 7.87. The molecular weight excluding hydrogens is 232 g/mol. The van der Waals surface area contributed by atoms with E-state index in [2.05, 4.69) is 0 Å². The zero-order valence-corrected chi connectivity index (χ0v) is 8.49. The summed E-state index contributed by atoms with van der Waals surface area (Å²) < 4.78 is 30.0. The molecule has 5 N–H and O–H groups in total. The number of hydrogen-bond donors (Lipinski definition) is 5. The number of rotatable bonds is 5. The van der Waals surface area contributed by atoms with Crippen LogP contribution in [0, 0.1) is 0 Å². The van der Waals surface area contributed by atoms with Crippen LogP contribution in [0.3, 0.4) is 0 Å². The Hall–Kier alpha value is -0.580. The van der Waals surface area contributed by atoms with Crippen molar-refractivity contribution in [3.8, 4) is 0 Å². The Morgan fingerprint density at radius 2 is 1.67 bits per heavy atom. The molecule has 0 aliphatic heterocycles. The molecule has 0 aliphatic rings. The fourth-order valence-electron chi connectivity index (χ4n) is 0.934. The normalized spacial score (nSPS) is 22.5. The van der Waals surface area contributed by atoms with Crippen molar-refractivity contribution in [1.29, 1.82) is 0 Å². The highest BCUT2D eigenvalue weighted by Gasteiger charge is 2.54. The maximum Gasteiger partial charge on any atom is 0.300 e. The number of hydrogen-bond acceptors (Lipinski definition) is 7. The average molecular weight is 244 g/mol. The van der Waals surface area contributed by atoms with Crippen molar-refractivity contribution in [1.82, 2.24) is 0 Å². The minimum absolute atomic E-state index is 0.247. The Labute approximate surface area is 85.5 Å². The molecule has 0 aromatic carbocycles. The molecular formula is C6H12O8S. The van der Waals surface area contributed by atoms with Gasteiger partial charge in [0.2, 0.25) is 4.93 Å². The maximum absolute atomic E-state index is 10.7. The van der Waals surface area contributed by atoms with E-state index < -0.39 is 33.4 Å². The van der Waals surface area contributed by atoms with Gasteiger partial charge in [0.1, 0.15) is 12.2 Å². The molecule has 0 bridgehead atoms. The third-order valence-electron chi connectivity index (χ3n) is 1.90. The van der Waals surface area contributed by atoms with E-state index in [0.29, 0.717) is 0 Å². The second-order valence-corrected chi connectivity index (χ2v) is 4.58. The molecule has 0 aromatic rings. The SMILES string of the molecule is C[C@H](O)[C@@](O)([C@@H](O)[C@H](O)C=O)S(=O)(=O)O. The van der Waals surface area contributed by atoms with E-state index in [4.69, 9.17) is 19.9 Å². The fraction of sp³-hybridized carbons (Fsp3) is 0.833. The van der Waals surface area contributed by atoms with E-state index in [1.54, 1.807) is 0 Å². The monoisotopic (exact) mass is 244 g/mol. The summed E-state index contributed by atoms with van der Waals surface area (Å²) in [6, 6.07) is 0. The Balaban J connectivity index is 5.42. The lowest BCUT2D eigenvalue weighted by atomic mass is 10.0. The number of aliphatic hydroxyl groups excluding tert-OH is 3. The van der Waals surface area contributed by atoms with E-state index in [9.17, 15) is 18.3 Å². The lowest BCUT2D eigenvalue weighted by Crippen LogP contribution is -2.60. The molecule has 0 fully saturated rings. The van der Waals surface area contributed by atoms with Gasteiger partial charge in [0.25, 0.3) is 0 Å². The topological polar surface area (TPSA) is 152 Å². The van der Waals surface area contributed by atoms with Crippen molar-refractivity contribution in [2.45, 2.75) is 30.2 Å². The Bertz CT molecular complexity index is 322. The van der Waals surface area contributed by atoms with E-state index >= 15 is 0 Å². The molecule has 0 radical (unpaired) electrons. The number of aliphatic hydroxyl groups is 4. The molecule has 0 unspecified atom stereocenters. The van der Waals surface area contributed by atoms with Crippen LogP contribution in [0.15, 0.2) is 0 Å². The van der Waals surface area contributed by atoms with Crippen molar-refractivity contribution in [2.24, 2.45) is 0 Å². The van der Waals surface area contributed by atoms with Gasteiger partial charge in [-0.15, -0.1) is 0 Å². The third kappa shape index (κ3) is 2.51. The number of aldehydes is 1. The third-order valence-corrected chi connectivity index (χ3v) is 3.31. The summed E-state index contributed by atoms with van der Waals surface area (Å²) in [7, 11) is -5.28. The molecule has 0 amide bonds. The van der Waals surface area contributed by atoms with Gasteiger partial charge in [0.15, 0.2) is 6.29 Å². The summed E-state index contributed by atoms with van der Waals surface area (Å²) in [6.07, 6.45) is -7.18. The van der Waals surface area contributed by atoms with Crippen LogP contribution in [0.25, 0.3) is 0 Å². The van der Waals surface area contributed by atoms with Crippen molar-refractivity contribution in [2.75, 3.05) is 0 Å². The van der Waals surface area contributed by atoms with Crippen LogP contribution in [0.2, 0.25) is 0 Å². The first-order chi connectivity index (χ1) is 6.59. The van der Waals surface area contributed by atoms with Gasteiger partial charge in [0.05, 0.1) is 6.10 Å². The zero-order chi connectivity index (χ0) is 12.4. The Kier molecular flexibility index (Phi) is 4.34. The van der Waals surface area contributed by atoms with Gasteiger partial charge < -0.3 is 25.2 Å². The molecule has 0 rings (SSSR count). The molecule has 0 heterocycles. The van der Waals surface area contributed by atoms with Gasteiger partial charge in [-0.2, -0.15) is 8.42 Å². The summed E-state index contributed by atoms with van der Waals surface area (Å²) in [5.41, 5.74) is 0. The molecule has 9 heteroatoms. The quantitative estimate of drug-likeness (QED) is 0.251. The van der Waals surface area contributed by atoms with Gasteiger partial charge in [-0.25, -0.2) is 0 Å². The maximum atomic E-state index is 10.7. The fourth-order valence-corrected chi connectivity index (χ4v) is 1.81. The van der Waals surface area contributed by atoms with Crippen molar-refractivity contribution < 1.29 is 38.2 Å². The second-order valence-electron chi connectivity index (χ2n) is 2.97. The molecule has 4 atom stereocenters. The molecule has 90 valence electrons. The van der Waals surface area contributed by atoms with Gasteiger partial charge in [-0.1, -0.05) is 0 Å². The lowest BCUT2D eigenvalue weighted by molar-refractivity contribution is -0.142. The predicted molar refractivity (Wildman–Crippen MR) is 46.3 cm³/mol. The summed E-state index contributed by atoms with van der Waals surface area (Å²) in [5, 5.41) is 36.2. The highest BCUT2D eigenvalue weighted by atomic mass is 32.2. The lowest BCUT2D eigenvalue weighted by Gasteiger charge is -2.32. The minimum Gasteiger partial charge on any atom is -0.389 e. The van der Waals surface area contributed by atoms with E-state index in [1.165, 1.54) is 0 Å². The second kappa shape index (κ2) is 4.51. The summed E-state index contributed by atoms with van der Waals surface area (Å²) in [6.45, 7) is 0.758. The first kappa shape index (κ1) is 14.4. The van der Waals surface area contributed by atoms with Crippen LogP contribution in [0.1, 0.15) is 6.92 Å². The van der Waals surface area contributed by atoms with Crippen LogP contribution >= 0.6 is 0 Å². The largest absolute Gasteiger partial charge is 0.389 e. The highest BCUT2D eigenvalue weighted by Crippen LogP contribution is 2.24. The molecule has 8 nitrogen and oxygen atoms in total. The van der Waals surface area contributed by atoms with Gasteiger partial charge in [0, 0.05) is 0 Å². The Morgan fingerprint density at radius 1 is 1.27 bits per heavy atom. The van der Waals surface area contributed by atoms with Gasteiger partial charge >= 0.3 is 10.1 Å². The van der Waals surface area contributed by atoms with E-state index in [-0.39, 0.29) is 6.29 Å². The standard InChI is InChI=1S/C6H12O8S/c1-3(8)6(11,15(12,13)14)5(10)4(9)2-7/h2-5,8-11H,1H3,(H,12,13,14)/t3-,4+,5-,6-/m0/s1. The van der Waals surface area contributed by atoms with Crippen molar-refractivity contribution in [3.63, 3.8) is 0 Å². The summed E-state index contributed by atoms with van der Waals surface area (Å²) in [4.78, 5) is 6.64. The van der Waals surface area contributed by atoms with Crippen LogP contribution < -0.4 is 0 Å². The van der Waals surface area contributed by atoms with Gasteiger partial charge in [-0.05, 0) is 6.92 Å². The number of carbonyl (C=O) groups excluding carboxylic acids is 1. The first-order valence-electron chi connectivity index (χ1n) is 3.78. The Morgan fingerprint density at radius 3 is 1.87 bits per heavy atom. The molecule has 0 saturated heterocycles. The van der Waals surface area contributed by atoms with Crippen molar-refractivity contribution >= 4 is 16.4 Å². The molecule has 0 aliphatic carbocycles. The summed E-state index contributed by atoms with van der Waals surface area (Å²) in [5.74, 6) is 0. The average Bonchev–Trinajstić information content (AvgIpc) is 2.11. The van der Waals surface area contributed by atoms with Crippen LogP contribution in [0.4, 0.5) is 0 Å². The molecule has 0 aromatic heterocycles. The molecule has 15 heavy (non-hydrogen) atoms. The minimum atomic E-state index is -5.28. The van der Waals surface area contributed by atoms with Crippen LogP contribution in [-0.2, 0) is 14.9 Å². The first-order valence-corrected chi connectivity index (χ1v) is 5.22. The van der Waals surface area contributed by atoms with Gasteiger partial charge in [-0.3, -0.25) is 4.55 Å². The predicted octanol–water partition coefficient (Wildman–Crippen LogP) is -3.14. The smallest absolute Gasteiger partial charge is 0.300 e. The number of carbonyl (C=O) groups is 1. The molecule has 0 saturated carbocycles. The van der Waals surface area contributed by atoms with E-state index in [1.807, 2.05) is 0 Å².